The molecule has 0 amide bonds. The average molecular weight is 207 g/mol. The molecule has 0 unspecified atom stereocenters. The van der Waals surface area contributed by atoms with E-state index in [0.717, 1.165) is 12.4 Å². The zero-order valence-corrected chi connectivity index (χ0v) is 9.20. The molecule has 1 saturated carbocycles. The smallest absolute Gasteiger partial charge is 0.244 e. The normalized spacial score (nSPS) is 15.4. The molecule has 1 aromatic heterocycles. The van der Waals surface area contributed by atoms with Gasteiger partial charge in [-0.25, -0.2) is 0 Å². The molecular weight excluding hydrogens is 190 g/mol. The average Bonchev–Trinajstić information content (AvgIpc) is 2.99. The lowest BCUT2D eigenvalue weighted by atomic mass is 10.2. The maximum absolute atomic E-state index is 4.33. The molecule has 1 aliphatic carbocycles. The van der Waals surface area contributed by atoms with Crippen LogP contribution in [-0.4, -0.2) is 27.8 Å². The molecule has 15 heavy (non-hydrogen) atoms. The number of aromatic nitrogens is 3. The Bertz CT molecular complexity index is 321. The molecule has 2 rings (SSSR count). The van der Waals surface area contributed by atoms with Crippen LogP contribution in [0.25, 0.3) is 0 Å². The van der Waals surface area contributed by atoms with Gasteiger partial charge in [0.15, 0.2) is 5.82 Å². The first-order chi connectivity index (χ1) is 7.24. The van der Waals surface area contributed by atoms with Gasteiger partial charge in [0.05, 0.1) is 6.20 Å². The summed E-state index contributed by atoms with van der Waals surface area (Å²) in [6.45, 7) is 5.22. The maximum Gasteiger partial charge on any atom is 0.244 e. The second-order valence-electron chi connectivity index (χ2n) is 4.36. The van der Waals surface area contributed by atoms with E-state index < -0.39 is 0 Å². The largest absolute Gasteiger partial charge is 0.368 e. The Labute approximate surface area is 89.7 Å². The molecule has 1 aliphatic rings. The van der Waals surface area contributed by atoms with Gasteiger partial charge in [-0.05, 0) is 18.8 Å². The number of anilines is 2. The monoisotopic (exact) mass is 207 g/mol. The third-order valence-corrected chi connectivity index (χ3v) is 2.16. The fraction of sp³-hybridized carbons (Fsp3) is 0.700. The molecule has 0 aromatic carbocycles. The van der Waals surface area contributed by atoms with Crippen LogP contribution in [0.15, 0.2) is 6.20 Å². The van der Waals surface area contributed by atoms with Crippen LogP contribution >= 0.6 is 0 Å². The van der Waals surface area contributed by atoms with Gasteiger partial charge in [0.2, 0.25) is 5.95 Å². The molecule has 1 fully saturated rings. The first-order valence-electron chi connectivity index (χ1n) is 5.44. The molecule has 2 N–H and O–H groups in total. The Morgan fingerprint density at radius 2 is 2.27 bits per heavy atom. The van der Waals surface area contributed by atoms with Crippen LogP contribution in [0.1, 0.15) is 26.7 Å². The van der Waals surface area contributed by atoms with E-state index in [2.05, 4.69) is 39.7 Å². The fourth-order valence-electron chi connectivity index (χ4n) is 1.17. The summed E-state index contributed by atoms with van der Waals surface area (Å²) in [5.74, 6) is 2.02. The van der Waals surface area contributed by atoms with E-state index in [0.29, 0.717) is 17.9 Å². The summed E-state index contributed by atoms with van der Waals surface area (Å²) in [5.41, 5.74) is 0. The van der Waals surface area contributed by atoms with Crippen molar-refractivity contribution >= 4 is 11.8 Å². The van der Waals surface area contributed by atoms with Crippen molar-refractivity contribution in [1.29, 1.82) is 0 Å². The van der Waals surface area contributed by atoms with Gasteiger partial charge in [0.1, 0.15) is 0 Å². The molecule has 0 spiro atoms. The Kier molecular flexibility index (Phi) is 2.99. The molecule has 0 saturated heterocycles. The quantitative estimate of drug-likeness (QED) is 0.766. The number of hydrogen-bond acceptors (Lipinski definition) is 5. The first-order valence-corrected chi connectivity index (χ1v) is 5.44. The van der Waals surface area contributed by atoms with Crippen LogP contribution < -0.4 is 10.6 Å². The Balaban J connectivity index is 1.92. The first kappa shape index (κ1) is 10.1. The predicted octanol–water partition coefficient (Wildman–Crippen LogP) is 1.51. The zero-order valence-electron chi connectivity index (χ0n) is 9.20. The summed E-state index contributed by atoms with van der Waals surface area (Å²) in [6.07, 6.45) is 4.08. The van der Waals surface area contributed by atoms with E-state index in [1.807, 2.05) is 0 Å². The van der Waals surface area contributed by atoms with Gasteiger partial charge >= 0.3 is 0 Å². The summed E-state index contributed by atoms with van der Waals surface area (Å²) in [7, 11) is 0. The fourth-order valence-corrected chi connectivity index (χ4v) is 1.17. The highest BCUT2D eigenvalue weighted by Crippen LogP contribution is 2.22. The van der Waals surface area contributed by atoms with E-state index in [4.69, 9.17) is 0 Å². The number of nitrogens with one attached hydrogen (secondary N) is 2. The van der Waals surface area contributed by atoms with E-state index in [1.165, 1.54) is 12.8 Å². The summed E-state index contributed by atoms with van der Waals surface area (Å²) >= 11 is 0. The molecule has 0 aliphatic heterocycles. The van der Waals surface area contributed by atoms with Crippen LogP contribution in [0.2, 0.25) is 0 Å². The van der Waals surface area contributed by atoms with Gasteiger partial charge < -0.3 is 10.6 Å². The van der Waals surface area contributed by atoms with Crippen molar-refractivity contribution in [2.24, 2.45) is 5.92 Å². The number of nitrogens with zero attached hydrogens (tertiary/aromatic N) is 3. The van der Waals surface area contributed by atoms with E-state index in [1.54, 1.807) is 6.20 Å². The van der Waals surface area contributed by atoms with Crippen molar-refractivity contribution in [3.8, 4) is 0 Å². The van der Waals surface area contributed by atoms with E-state index >= 15 is 0 Å². The predicted molar refractivity (Wildman–Crippen MR) is 59.8 cm³/mol. The second kappa shape index (κ2) is 4.42. The topological polar surface area (TPSA) is 62.7 Å². The minimum Gasteiger partial charge on any atom is -0.368 e. The number of hydrogen-bond donors (Lipinski definition) is 2. The highest BCUT2D eigenvalue weighted by atomic mass is 15.3. The molecular formula is C10H17N5. The zero-order chi connectivity index (χ0) is 10.7. The lowest BCUT2D eigenvalue weighted by Gasteiger charge is -2.08. The molecule has 1 aromatic rings. The number of rotatable bonds is 5. The second-order valence-corrected chi connectivity index (χ2v) is 4.36. The van der Waals surface area contributed by atoms with Gasteiger partial charge in [0.25, 0.3) is 0 Å². The van der Waals surface area contributed by atoms with Crippen molar-refractivity contribution in [1.82, 2.24) is 15.2 Å². The van der Waals surface area contributed by atoms with Gasteiger partial charge in [-0.15, -0.1) is 5.10 Å². The van der Waals surface area contributed by atoms with Gasteiger partial charge in [-0.3, -0.25) is 0 Å². The van der Waals surface area contributed by atoms with Crippen LogP contribution in [0.4, 0.5) is 11.8 Å². The minimum absolute atomic E-state index is 0.562. The van der Waals surface area contributed by atoms with Gasteiger partial charge in [-0.2, -0.15) is 10.1 Å². The van der Waals surface area contributed by atoms with Crippen molar-refractivity contribution in [2.45, 2.75) is 32.7 Å². The van der Waals surface area contributed by atoms with Crippen molar-refractivity contribution in [3.63, 3.8) is 0 Å². The summed E-state index contributed by atoms with van der Waals surface area (Å²) in [6, 6.07) is 0.562. The van der Waals surface area contributed by atoms with E-state index in [-0.39, 0.29) is 0 Å². The molecule has 0 bridgehead atoms. The molecule has 1 heterocycles. The molecule has 5 nitrogen and oxygen atoms in total. The molecule has 0 atom stereocenters. The Morgan fingerprint density at radius 1 is 1.47 bits per heavy atom. The van der Waals surface area contributed by atoms with Crippen LogP contribution in [-0.2, 0) is 0 Å². The van der Waals surface area contributed by atoms with Crippen LogP contribution in [0, 0.1) is 5.92 Å². The molecule has 5 heteroatoms. The molecule has 0 radical (unpaired) electrons. The Morgan fingerprint density at radius 3 is 2.93 bits per heavy atom. The molecule has 82 valence electrons. The van der Waals surface area contributed by atoms with Crippen molar-refractivity contribution in [2.75, 3.05) is 17.2 Å². The summed E-state index contributed by atoms with van der Waals surface area (Å²) in [4.78, 5) is 4.33. The van der Waals surface area contributed by atoms with E-state index in [9.17, 15) is 0 Å². The highest BCUT2D eigenvalue weighted by Gasteiger charge is 2.22. The van der Waals surface area contributed by atoms with Crippen molar-refractivity contribution < 1.29 is 0 Å². The summed E-state index contributed by atoms with van der Waals surface area (Å²) in [5, 5.41) is 14.3. The SMILES string of the molecule is CC(C)CNc1cnnc(NC2CC2)n1. The minimum atomic E-state index is 0.562. The lowest BCUT2D eigenvalue weighted by molar-refractivity contribution is 0.686. The van der Waals surface area contributed by atoms with Crippen LogP contribution in [0.5, 0.6) is 0 Å². The maximum atomic E-state index is 4.33. The van der Waals surface area contributed by atoms with Crippen molar-refractivity contribution in [3.05, 3.63) is 6.20 Å². The van der Waals surface area contributed by atoms with Gasteiger partial charge in [0, 0.05) is 12.6 Å². The lowest BCUT2D eigenvalue weighted by Crippen LogP contribution is -2.12. The third-order valence-electron chi connectivity index (χ3n) is 2.16. The highest BCUT2D eigenvalue weighted by molar-refractivity contribution is 5.38. The Hall–Kier alpha value is -1.39. The standard InChI is InChI=1S/C10H17N5/c1-7(2)5-11-9-6-12-15-10(14-9)13-8-3-4-8/h6-8H,3-5H2,1-2H3,(H2,11,13,14,15). The summed E-state index contributed by atoms with van der Waals surface area (Å²) < 4.78 is 0. The van der Waals surface area contributed by atoms with Crippen LogP contribution in [0.3, 0.4) is 0 Å². The third kappa shape index (κ3) is 3.34. The van der Waals surface area contributed by atoms with Gasteiger partial charge in [-0.1, -0.05) is 13.8 Å².